The number of rotatable bonds is 5. The molecule has 0 aromatic heterocycles. The minimum Gasteiger partial charge on any atom is -0.490 e. The maximum absolute atomic E-state index is 10.6. The SMILES string of the molecule is COc1cc(OCC(=O)O)c(Cl)cc1[N+](=O)[O-]. The van der Waals surface area contributed by atoms with Crippen molar-refractivity contribution in [3.8, 4) is 11.5 Å². The Labute approximate surface area is 101 Å². The number of carboxylic acid groups (broad SMARTS) is 1. The van der Waals surface area contributed by atoms with Crippen LogP contribution in [0.3, 0.4) is 0 Å². The van der Waals surface area contributed by atoms with Gasteiger partial charge in [0, 0.05) is 12.1 Å². The highest BCUT2D eigenvalue weighted by atomic mass is 35.5. The second-order valence-electron chi connectivity index (χ2n) is 2.89. The van der Waals surface area contributed by atoms with Gasteiger partial charge in [-0.25, -0.2) is 4.79 Å². The van der Waals surface area contributed by atoms with Crippen molar-refractivity contribution in [1.82, 2.24) is 0 Å². The van der Waals surface area contributed by atoms with Gasteiger partial charge in [0.05, 0.1) is 17.1 Å². The average Bonchev–Trinajstić information content (AvgIpc) is 2.26. The summed E-state index contributed by atoms with van der Waals surface area (Å²) in [7, 11) is 1.25. The highest BCUT2D eigenvalue weighted by Gasteiger charge is 2.19. The first-order valence-electron chi connectivity index (χ1n) is 4.32. The lowest BCUT2D eigenvalue weighted by atomic mass is 10.3. The van der Waals surface area contributed by atoms with Gasteiger partial charge < -0.3 is 14.6 Å². The molecule has 92 valence electrons. The first kappa shape index (κ1) is 13.0. The Kier molecular flexibility index (Phi) is 4.11. The van der Waals surface area contributed by atoms with Crippen LogP contribution in [0.2, 0.25) is 5.02 Å². The Morgan fingerprint density at radius 2 is 2.18 bits per heavy atom. The predicted molar refractivity (Wildman–Crippen MR) is 57.8 cm³/mol. The van der Waals surface area contributed by atoms with E-state index in [2.05, 4.69) is 0 Å². The fourth-order valence-corrected chi connectivity index (χ4v) is 1.29. The van der Waals surface area contributed by atoms with Crippen LogP contribution < -0.4 is 9.47 Å². The minimum absolute atomic E-state index is 0.0107. The summed E-state index contributed by atoms with van der Waals surface area (Å²) in [6, 6.07) is 2.21. The quantitative estimate of drug-likeness (QED) is 0.640. The number of carboxylic acids is 1. The Morgan fingerprint density at radius 1 is 1.53 bits per heavy atom. The Morgan fingerprint density at radius 3 is 2.65 bits per heavy atom. The fraction of sp³-hybridized carbons (Fsp3) is 0.222. The number of benzene rings is 1. The van der Waals surface area contributed by atoms with E-state index in [4.69, 9.17) is 26.2 Å². The number of methoxy groups -OCH3 is 1. The molecule has 7 nitrogen and oxygen atoms in total. The first-order valence-corrected chi connectivity index (χ1v) is 4.70. The number of nitro groups is 1. The summed E-state index contributed by atoms with van der Waals surface area (Å²) in [6.45, 7) is -0.597. The summed E-state index contributed by atoms with van der Waals surface area (Å²) in [5, 5.41) is 19.0. The molecular formula is C9H8ClNO6. The molecular weight excluding hydrogens is 254 g/mol. The number of ether oxygens (including phenoxy) is 2. The van der Waals surface area contributed by atoms with E-state index >= 15 is 0 Å². The number of nitrogens with zero attached hydrogens (tertiary/aromatic N) is 1. The van der Waals surface area contributed by atoms with Crippen LogP contribution in [0.25, 0.3) is 0 Å². The highest BCUT2D eigenvalue weighted by molar-refractivity contribution is 6.32. The van der Waals surface area contributed by atoms with Crippen molar-refractivity contribution in [3.05, 3.63) is 27.3 Å². The highest BCUT2D eigenvalue weighted by Crippen LogP contribution is 2.37. The van der Waals surface area contributed by atoms with Crippen LogP contribution in [0.1, 0.15) is 0 Å². The molecule has 0 amide bonds. The Balaban J connectivity index is 3.08. The second kappa shape index (κ2) is 5.35. The Bertz CT molecular complexity index is 461. The normalized spacial score (nSPS) is 9.76. The van der Waals surface area contributed by atoms with E-state index in [0.717, 1.165) is 6.07 Å². The topological polar surface area (TPSA) is 98.9 Å². The maximum Gasteiger partial charge on any atom is 0.341 e. The van der Waals surface area contributed by atoms with Crippen molar-refractivity contribution >= 4 is 23.3 Å². The van der Waals surface area contributed by atoms with E-state index in [1.54, 1.807) is 0 Å². The van der Waals surface area contributed by atoms with E-state index < -0.39 is 17.5 Å². The molecule has 1 rings (SSSR count). The van der Waals surface area contributed by atoms with Crippen LogP contribution in [-0.2, 0) is 4.79 Å². The lowest BCUT2D eigenvalue weighted by Gasteiger charge is -2.08. The monoisotopic (exact) mass is 261 g/mol. The number of aliphatic carboxylic acids is 1. The van der Waals surface area contributed by atoms with Crippen LogP contribution in [0.4, 0.5) is 5.69 Å². The summed E-state index contributed by atoms with van der Waals surface area (Å²) >= 11 is 5.71. The van der Waals surface area contributed by atoms with Crippen molar-refractivity contribution in [1.29, 1.82) is 0 Å². The van der Waals surface area contributed by atoms with Crippen LogP contribution in [0.5, 0.6) is 11.5 Å². The molecule has 0 bridgehead atoms. The van der Waals surface area contributed by atoms with E-state index in [1.807, 2.05) is 0 Å². The zero-order chi connectivity index (χ0) is 13.0. The van der Waals surface area contributed by atoms with Gasteiger partial charge in [-0.3, -0.25) is 10.1 Å². The van der Waals surface area contributed by atoms with Gasteiger partial charge in [0.2, 0.25) is 5.75 Å². The summed E-state index contributed by atoms with van der Waals surface area (Å²) < 4.78 is 9.62. The smallest absolute Gasteiger partial charge is 0.341 e. The third-order valence-electron chi connectivity index (χ3n) is 1.78. The molecule has 0 fully saturated rings. The van der Waals surface area contributed by atoms with Gasteiger partial charge in [-0.05, 0) is 0 Å². The summed E-state index contributed by atoms with van der Waals surface area (Å²) in [6.07, 6.45) is 0. The molecule has 0 unspecified atom stereocenters. The molecule has 1 aromatic carbocycles. The molecule has 0 saturated heterocycles. The van der Waals surface area contributed by atoms with Gasteiger partial charge in [0.25, 0.3) is 0 Å². The van der Waals surface area contributed by atoms with Gasteiger partial charge >= 0.3 is 11.7 Å². The predicted octanol–water partition coefficient (Wildman–Crippen LogP) is 1.72. The van der Waals surface area contributed by atoms with Crippen molar-refractivity contribution in [2.24, 2.45) is 0 Å². The van der Waals surface area contributed by atoms with Gasteiger partial charge in [-0.2, -0.15) is 0 Å². The fourth-order valence-electron chi connectivity index (χ4n) is 1.08. The molecule has 0 radical (unpaired) electrons. The third-order valence-corrected chi connectivity index (χ3v) is 2.08. The molecule has 0 aliphatic carbocycles. The van der Waals surface area contributed by atoms with Crippen LogP contribution in [0, 0.1) is 10.1 Å². The minimum atomic E-state index is -1.18. The molecule has 0 aliphatic heterocycles. The molecule has 0 saturated carbocycles. The summed E-state index contributed by atoms with van der Waals surface area (Å²) in [4.78, 5) is 20.3. The van der Waals surface area contributed by atoms with Crippen LogP contribution >= 0.6 is 11.6 Å². The standard InChI is InChI=1S/C9H8ClNO6/c1-16-8-3-7(17-4-9(12)13)5(10)2-6(8)11(14)15/h2-3H,4H2,1H3,(H,12,13). The van der Waals surface area contributed by atoms with Gasteiger partial charge in [0.15, 0.2) is 6.61 Å². The Hall–Kier alpha value is -2.02. The zero-order valence-electron chi connectivity index (χ0n) is 8.68. The third kappa shape index (κ3) is 3.22. The van der Waals surface area contributed by atoms with Gasteiger partial charge in [0.1, 0.15) is 5.75 Å². The van der Waals surface area contributed by atoms with E-state index in [0.29, 0.717) is 0 Å². The average molecular weight is 262 g/mol. The van der Waals surface area contributed by atoms with Crippen molar-refractivity contribution < 1.29 is 24.3 Å². The zero-order valence-corrected chi connectivity index (χ0v) is 9.43. The lowest BCUT2D eigenvalue weighted by molar-refractivity contribution is -0.385. The summed E-state index contributed by atoms with van der Waals surface area (Å²) in [5.74, 6) is -1.23. The van der Waals surface area contributed by atoms with E-state index in [9.17, 15) is 14.9 Å². The molecule has 0 heterocycles. The molecule has 0 atom stereocenters. The van der Waals surface area contributed by atoms with E-state index in [1.165, 1.54) is 13.2 Å². The van der Waals surface area contributed by atoms with Crippen molar-refractivity contribution in [2.75, 3.05) is 13.7 Å². The lowest BCUT2D eigenvalue weighted by Crippen LogP contribution is -2.09. The van der Waals surface area contributed by atoms with Crippen LogP contribution in [-0.4, -0.2) is 29.7 Å². The molecule has 8 heteroatoms. The summed E-state index contributed by atoms with van der Waals surface area (Å²) in [5.41, 5.74) is -0.319. The van der Waals surface area contributed by atoms with Crippen molar-refractivity contribution in [2.45, 2.75) is 0 Å². The molecule has 1 N–H and O–H groups in total. The maximum atomic E-state index is 10.6. The second-order valence-corrected chi connectivity index (χ2v) is 3.30. The number of carbonyl (C=O) groups is 1. The number of halogens is 1. The molecule has 17 heavy (non-hydrogen) atoms. The number of hydrogen-bond acceptors (Lipinski definition) is 5. The van der Waals surface area contributed by atoms with Gasteiger partial charge in [-0.15, -0.1) is 0 Å². The first-order chi connectivity index (χ1) is 7.95. The molecule has 0 aliphatic rings. The number of nitro benzene ring substituents is 1. The van der Waals surface area contributed by atoms with Gasteiger partial charge in [-0.1, -0.05) is 11.6 Å². The number of hydrogen-bond donors (Lipinski definition) is 1. The van der Waals surface area contributed by atoms with E-state index in [-0.39, 0.29) is 22.2 Å². The molecule has 1 aromatic rings. The molecule has 0 spiro atoms. The largest absolute Gasteiger partial charge is 0.490 e. The van der Waals surface area contributed by atoms with Crippen LogP contribution in [0.15, 0.2) is 12.1 Å². The van der Waals surface area contributed by atoms with Crippen molar-refractivity contribution in [3.63, 3.8) is 0 Å².